The SMILES string of the molecule is CNc1ccc(CNc2cccnc2)cc1. The van der Waals surface area contributed by atoms with Crippen LogP contribution in [-0.2, 0) is 6.54 Å². The minimum Gasteiger partial charge on any atom is -0.388 e. The van der Waals surface area contributed by atoms with Gasteiger partial charge in [0.05, 0.1) is 5.69 Å². The van der Waals surface area contributed by atoms with E-state index in [1.165, 1.54) is 5.56 Å². The number of aromatic nitrogens is 1. The number of nitrogens with one attached hydrogen (secondary N) is 2. The van der Waals surface area contributed by atoms with E-state index < -0.39 is 0 Å². The van der Waals surface area contributed by atoms with Gasteiger partial charge in [0.25, 0.3) is 0 Å². The van der Waals surface area contributed by atoms with Gasteiger partial charge in [-0.1, -0.05) is 12.1 Å². The molecule has 2 aromatic rings. The Morgan fingerprint density at radius 1 is 1.06 bits per heavy atom. The molecule has 0 aliphatic rings. The Bertz CT molecular complexity index is 423. The number of hydrogen-bond acceptors (Lipinski definition) is 3. The van der Waals surface area contributed by atoms with Crippen molar-refractivity contribution < 1.29 is 0 Å². The molecule has 0 amide bonds. The standard InChI is InChI=1S/C13H15N3/c1-14-12-6-4-11(5-7-12)9-16-13-3-2-8-15-10-13/h2-8,10,14,16H,9H2,1H3. The van der Waals surface area contributed by atoms with E-state index in [1.807, 2.05) is 25.4 Å². The molecule has 1 heterocycles. The number of pyridine rings is 1. The molecule has 2 rings (SSSR count). The summed E-state index contributed by atoms with van der Waals surface area (Å²) in [6, 6.07) is 12.3. The van der Waals surface area contributed by atoms with Crippen LogP contribution in [0.15, 0.2) is 48.8 Å². The van der Waals surface area contributed by atoms with Crippen LogP contribution in [0.4, 0.5) is 11.4 Å². The van der Waals surface area contributed by atoms with Crippen molar-refractivity contribution in [1.82, 2.24) is 4.98 Å². The normalized spacial score (nSPS) is 9.81. The quantitative estimate of drug-likeness (QED) is 0.820. The lowest BCUT2D eigenvalue weighted by Gasteiger charge is -2.06. The second-order valence-electron chi connectivity index (χ2n) is 3.54. The molecule has 0 atom stereocenters. The Hall–Kier alpha value is -2.03. The van der Waals surface area contributed by atoms with Gasteiger partial charge in [0.15, 0.2) is 0 Å². The van der Waals surface area contributed by atoms with Crippen molar-refractivity contribution in [3.05, 3.63) is 54.4 Å². The molecule has 0 spiro atoms. The van der Waals surface area contributed by atoms with E-state index in [2.05, 4.69) is 39.9 Å². The van der Waals surface area contributed by atoms with Gasteiger partial charge in [-0.25, -0.2) is 0 Å². The van der Waals surface area contributed by atoms with Crippen molar-refractivity contribution in [3.8, 4) is 0 Å². The van der Waals surface area contributed by atoms with E-state index in [-0.39, 0.29) is 0 Å². The first-order chi connectivity index (χ1) is 7.88. The first-order valence-electron chi connectivity index (χ1n) is 5.29. The zero-order valence-corrected chi connectivity index (χ0v) is 9.27. The average Bonchev–Trinajstić information content (AvgIpc) is 2.38. The maximum atomic E-state index is 4.05. The second kappa shape index (κ2) is 5.16. The first kappa shape index (κ1) is 10.5. The maximum absolute atomic E-state index is 4.05. The van der Waals surface area contributed by atoms with Crippen LogP contribution in [0.5, 0.6) is 0 Å². The highest BCUT2D eigenvalue weighted by molar-refractivity contribution is 5.45. The van der Waals surface area contributed by atoms with Crippen molar-refractivity contribution in [1.29, 1.82) is 0 Å². The molecule has 16 heavy (non-hydrogen) atoms. The van der Waals surface area contributed by atoms with E-state index in [1.54, 1.807) is 6.20 Å². The predicted molar refractivity (Wildman–Crippen MR) is 67.6 cm³/mol. The van der Waals surface area contributed by atoms with Gasteiger partial charge < -0.3 is 10.6 Å². The lowest BCUT2D eigenvalue weighted by atomic mass is 10.2. The molecule has 3 nitrogen and oxygen atoms in total. The molecule has 82 valence electrons. The molecule has 2 N–H and O–H groups in total. The summed E-state index contributed by atoms with van der Waals surface area (Å²) in [6.07, 6.45) is 3.59. The number of hydrogen-bond donors (Lipinski definition) is 2. The van der Waals surface area contributed by atoms with E-state index in [9.17, 15) is 0 Å². The third-order valence-electron chi connectivity index (χ3n) is 2.40. The van der Waals surface area contributed by atoms with Gasteiger partial charge in [-0.05, 0) is 29.8 Å². The van der Waals surface area contributed by atoms with Crippen LogP contribution in [-0.4, -0.2) is 12.0 Å². The Kier molecular flexibility index (Phi) is 3.38. The van der Waals surface area contributed by atoms with E-state index in [4.69, 9.17) is 0 Å². The summed E-state index contributed by atoms with van der Waals surface area (Å²) in [5.41, 5.74) is 3.42. The van der Waals surface area contributed by atoms with Crippen molar-refractivity contribution in [2.45, 2.75) is 6.54 Å². The third-order valence-corrected chi connectivity index (χ3v) is 2.40. The highest BCUT2D eigenvalue weighted by Crippen LogP contribution is 2.10. The number of nitrogens with zero attached hydrogens (tertiary/aromatic N) is 1. The van der Waals surface area contributed by atoms with Crippen LogP contribution in [0, 0.1) is 0 Å². The van der Waals surface area contributed by atoms with Crippen molar-refractivity contribution in [2.75, 3.05) is 17.7 Å². The lowest BCUT2D eigenvalue weighted by molar-refractivity contribution is 1.14. The molecule has 1 aromatic heterocycles. The largest absolute Gasteiger partial charge is 0.388 e. The van der Waals surface area contributed by atoms with Gasteiger partial charge in [0.2, 0.25) is 0 Å². The second-order valence-corrected chi connectivity index (χ2v) is 3.54. The molecule has 0 saturated heterocycles. The van der Waals surface area contributed by atoms with Crippen LogP contribution < -0.4 is 10.6 Å². The van der Waals surface area contributed by atoms with Crippen molar-refractivity contribution >= 4 is 11.4 Å². The summed E-state index contributed by atoms with van der Waals surface area (Å²) < 4.78 is 0. The highest BCUT2D eigenvalue weighted by Gasteiger charge is 1.94. The summed E-state index contributed by atoms with van der Waals surface area (Å²) in [4.78, 5) is 4.05. The van der Waals surface area contributed by atoms with Gasteiger partial charge >= 0.3 is 0 Å². The van der Waals surface area contributed by atoms with Gasteiger partial charge in [-0.2, -0.15) is 0 Å². The summed E-state index contributed by atoms with van der Waals surface area (Å²) in [5, 5.41) is 6.41. The van der Waals surface area contributed by atoms with Crippen molar-refractivity contribution in [2.24, 2.45) is 0 Å². The predicted octanol–water partition coefficient (Wildman–Crippen LogP) is 2.74. The summed E-state index contributed by atoms with van der Waals surface area (Å²) in [5.74, 6) is 0. The van der Waals surface area contributed by atoms with Crippen LogP contribution in [0.2, 0.25) is 0 Å². The Labute approximate surface area is 95.5 Å². The number of rotatable bonds is 4. The Morgan fingerprint density at radius 3 is 2.50 bits per heavy atom. The molecule has 0 saturated carbocycles. The minimum absolute atomic E-state index is 0.815. The summed E-state index contributed by atoms with van der Waals surface area (Å²) in [6.45, 7) is 0.815. The maximum Gasteiger partial charge on any atom is 0.0529 e. The van der Waals surface area contributed by atoms with E-state index >= 15 is 0 Å². The molecule has 3 heteroatoms. The Balaban J connectivity index is 1.94. The summed E-state index contributed by atoms with van der Waals surface area (Å²) in [7, 11) is 1.92. The fourth-order valence-corrected chi connectivity index (χ4v) is 1.46. The fourth-order valence-electron chi connectivity index (χ4n) is 1.46. The molecule has 0 aliphatic heterocycles. The van der Waals surface area contributed by atoms with Gasteiger partial charge in [-0.3, -0.25) is 4.98 Å². The smallest absolute Gasteiger partial charge is 0.0529 e. The highest BCUT2D eigenvalue weighted by atomic mass is 14.9. The first-order valence-corrected chi connectivity index (χ1v) is 5.29. The van der Waals surface area contributed by atoms with Crippen LogP contribution in [0.1, 0.15) is 5.56 Å². The molecule has 0 fully saturated rings. The Morgan fingerprint density at radius 2 is 1.88 bits per heavy atom. The molecule has 0 unspecified atom stereocenters. The average molecular weight is 213 g/mol. The van der Waals surface area contributed by atoms with Crippen molar-refractivity contribution in [3.63, 3.8) is 0 Å². The monoisotopic (exact) mass is 213 g/mol. The van der Waals surface area contributed by atoms with Crippen LogP contribution in [0.25, 0.3) is 0 Å². The molecule has 0 radical (unpaired) electrons. The summed E-state index contributed by atoms with van der Waals surface area (Å²) >= 11 is 0. The number of benzene rings is 1. The number of anilines is 2. The lowest BCUT2D eigenvalue weighted by Crippen LogP contribution is -1.99. The minimum atomic E-state index is 0.815. The van der Waals surface area contributed by atoms with E-state index in [0.717, 1.165) is 17.9 Å². The topological polar surface area (TPSA) is 37.0 Å². The van der Waals surface area contributed by atoms with Crippen LogP contribution in [0.3, 0.4) is 0 Å². The van der Waals surface area contributed by atoms with Gasteiger partial charge in [0.1, 0.15) is 0 Å². The zero-order valence-electron chi connectivity index (χ0n) is 9.27. The van der Waals surface area contributed by atoms with Gasteiger partial charge in [0, 0.05) is 31.7 Å². The molecule has 0 bridgehead atoms. The molecular formula is C13H15N3. The van der Waals surface area contributed by atoms with Gasteiger partial charge in [-0.15, -0.1) is 0 Å². The molecule has 0 aliphatic carbocycles. The van der Waals surface area contributed by atoms with Crippen LogP contribution >= 0.6 is 0 Å². The molecule has 1 aromatic carbocycles. The third kappa shape index (κ3) is 2.73. The fraction of sp³-hybridized carbons (Fsp3) is 0.154. The molecular weight excluding hydrogens is 198 g/mol. The zero-order chi connectivity index (χ0) is 11.2. The van der Waals surface area contributed by atoms with E-state index in [0.29, 0.717) is 0 Å².